The maximum Gasteiger partial charge on any atom is 0.294 e. The summed E-state index contributed by atoms with van der Waals surface area (Å²) >= 11 is 1.43. The van der Waals surface area contributed by atoms with E-state index in [1.54, 1.807) is 25.4 Å². The minimum absolute atomic E-state index is 0.0445. The maximum atomic E-state index is 14.7. The number of fused-ring (bicyclic) bond motifs is 3. The van der Waals surface area contributed by atoms with Gasteiger partial charge in [-0.3, -0.25) is 18.9 Å². The zero-order chi connectivity index (χ0) is 42.1. The third kappa shape index (κ3) is 10.6. The van der Waals surface area contributed by atoms with E-state index in [1.165, 1.54) is 28.8 Å². The first-order chi connectivity index (χ1) is 28.4. The van der Waals surface area contributed by atoms with E-state index in [-0.39, 0.29) is 23.8 Å². The second-order valence-electron chi connectivity index (χ2n) is 14.8. The second-order valence-corrected chi connectivity index (χ2v) is 17.2. The molecular weight excluding hydrogens is 789 g/mol. The van der Waals surface area contributed by atoms with Crippen LogP contribution in [0.15, 0.2) is 100 Å². The number of rotatable bonds is 11. The number of nitrogens with one attached hydrogen (secondary N) is 4. The van der Waals surface area contributed by atoms with E-state index in [4.69, 9.17) is 16.5 Å². The molecule has 0 bridgehead atoms. The largest absolute Gasteiger partial charge is 0.361 e. The molecule has 0 saturated carbocycles. The highest BCUT2D eigenvalue weighted by molar-refractivity contribution is 7.99. The summed E-state index contributed by atoms with van der Waals surface area (Å²) in [5, 5.41) is 11.2. The van der Waals surface area contributed by atoms with E-state index in [0.717, 1.165) is 43.6 Å². The number of H-pyrrole nitrogens is 1. The predicted octanol–water partition coefficient (Wildman–Crippen LogP) is 4.45. The fraction of sp³-hybridized carbons (Fsp3) is 0.349. The first-order valence-corrected chi connectivity index (χ1v) is 22.0. The van der Waals surface area contributed by atoms with E-state index < -0.39 is 40.1 Å². The Labute approximate surface area is 349 Å². The highest BCUT2D eigenvalue weighted by Gasteiger charge is 2.34. The fourth-order valence-electron chi connectivity index (χ4n) is 7.40. The zero-order valence-corrected chi connectivity index (χ0v) is 34.9. The second kappa shape index (κ2) is 19.8. The van der Waals surface area contributed by atoms with Crippen molar-refractivity contribution in [3.05, 3.63) is 107 Å². The number of nitrogens with zero attached hydrogens (tertiary/aromatic N) is 2. The molecule has 6 rings (SSSR count). The van der Waals surface area contributed by atoms with Crippen molar-refractivity contribution < 1.29 is 27.4 Å². The van der Waals surface area contributed by atoms with Crippen molar-refractivity contribution in [3.8, 4) is 11.1 Å². The molecule has 312 valence electrons. The van der Waals surface area contributed by atoms with E-state index in [1.807, 2.05) is 61.7 Å². The molecule has 0 unspecified atom stereocenters. The molecule has 0 radical (unpaired) electrons. The van der Waals surface area contributed by atoms with E-state index in [2.05, 4.69) is 20.9 Å². The molecule has 3 amide bonds. The van der Waals surface area contributed by atoms with Gasteiger partial charge in [0, 0.05) is 54.8 Å². The number of likely N-dealkylation sites (N-methyl/N-ethyl adjacent to an activating group) is 1. The van der Waals surface area contributed by atoms with E-state index in [9.17, 15) is 27.4 Å². The lowest BCUT2D eigenvalue weighted by Gasteiger charge is -2.32. The smallest absolute Gasteiger partial charge is 0.294 e. The lowest BCUT2D eigenvalue weighted by atomic mass is 9.97. The number of carbonyl (C=O) groups is 3. The topological polar surface area (TPSA) is 226 Å². The van der Waals surface area contributed by atoms with Crippen LogP contribution in [0.2, 0.25) is 0 Å². The van der Waals surface area contributed by atoms with Gasteiger partial charge in [0.1, 0.15) is 17.1 Å². The van der Waals surface area contributed by atoms with Crippen LogP contribution < -0.4 is 27.4 Å². The van der Waals surface area contributed by atoms with E-state index >= 15 is 0 Å². The molecular formula is C43H52N8O6S2. The van der Waals surface area contributed by atoms with Crippen LogP contribution in [-0.4, -0.2) is 83.8 Å². The molecule has 9 N–H and O–H groups in total. The van der Waals surface area contributed by atoms with Gasteiger partial charge in [-0.2, -0.15) is 8.42 Å². The first kappa shape index (κ1) is 43.5. The quantitative estimate of drug-likeness (QED) is 0.0727. The number of hydrogen-bond donors (Lipinski definition) is 7. The Morgan fingerprint density at radius 1 is 0.881 bits per heavy atom. The maximum absolute atomic E-state index is 14.7. The van der Waals surface area contributed by atoms with Gasteiger partial charge >= 0.3 is 0 Å². The minimum atomic E-state index is -4.43. The number of para-hydroxylation sites is 1. The molecule has 3 heterocycles. The number of pyridine rings is 1. The number of aromatic nitrogens is 2. The number of hydrogen-bond acceptors (Lipinski definition) is 10. The molecule has 0 spiro atoms. The van der Waals surface area contributed by atoms with Crippen LogP contribution in [0.4, 0.5) is 0 Å². The summed E-state index contributed by atoms with van der Waals surface area (Å²) in [7, 11) is -2.83. The van der Waals surface area contributed by atoms with Gasteiger partial charge in [0.05, 0.1) is 10.9 Å². The molecule has 1 aliphatic rings. The summed E-state index contributed by atoms with van der Waals surface area (Å²) in [4.78, 5) is 53.5. The highest BCUT2D eigenvalue weighted by Crippen LogP contribution is 2.39. The summed E-state index contributed by atoms with van der Waals surface area (Å²) in [6.45, 7) is 3.10. The lowest BCUT2D eigenvalue weighted by molar-refractivity contribution is -0.142. The third-order valence-electron chi connectivity index (χ3n) is 10.7. The average Bonchev–Trinajstić information content (AvgIpc) is 3.64. The van der Waals surface area contributed by atoms with Crippen molar-refractivity contribution in [2.75, 3.05) is 20.1 Å². The Kier molecular flexibility index (Phi) is 14.6. The number of aromatic amines is 1. The van der Waals surface area contributed by atoms with Gasteiger partial charge in [0.15, 0.2) is 0 Å². The van der Waals surface area contributed by atoms with Gasteiger partial charge < -0.3 is 37.3 Å². The number of aryl methyl sites for hydroxylation is 1. The molecule has 14 nitrogen and oxygen atoms in total. The van der Waals surface area contributed by atoms with Crippen LogP contribution in [-0.2, 0) is 44.0 Å². The first-order valence-electron chi connectivity index (χ1n) is 19.7. The summed E-state index contributed by atoms with van der Waals surface area (Å²) in [6, 6.07) is 18.7. The lowest BCUT2D eigenvalue weighted by Crippen LogP contribution is -2.57. The number of carbonyl (C=O) groups excluding carboxylic acids is 3. The third-order valence-corrected chi connectivity index (χ3v) is 12.9. The monoisotopic (exact) mass is 840 g/mol. The van der Waals surface area contributed by atoms with Gasteiger partial charge in [-0.15, -0.1) is 0 Å². The number of nitrogens with two attached hydrogens (primary N) is 2. The molecule has 0 fully saturated rings. The summed E-state index contributed by atoms with van der Waals surface area (Å²) in [5.74, 6) is -1.16. The van der Waals surface area contributed by atoms with Crippen LogP contribution in [0.3, 0.4) is 0 Å². The van der Waals surface area contributed by atoms with Crippen LogP contribution in [0, 0.1) is 6.92 Å². The molecule has 0 aliphatic carbocycles. The Hall–Kier alpha value is -5.10. The van der Waals surface area contributed by atoms with Crippen LogP contribution in [0.5, 0.6) is 0 Å². The Morgan fingerprint density at radius 3 is 2.37 bits per heavy atom. The van der Waals surface area contributed by atoms with Gasteiger partial charge in [-0.25, -0.2) is 4.98 Å². The fourth-order valence-corrected chi connectivity index (χ4v) is 8.99. The van der Waals surface area contributed by atoms with Gasteiger partial charge in [0.2, 0.25) is 17.7 Å². The minimum Gasteiger partial charge on any atom is -0.361 e. The molecule has 16 heteroatoms. The standard InChI is InChI=1S/C43H52N8O6S2/c1-27-14-19-32(28-15-17-31(18-16-28)59(55,56)57)34-26-49-41(53)38(23-30-25-47-35-11-4-3-10-33(30)35)51(2)43(54)37(12-5-6-20-44)50-40(52)36(13-7-21-45)48-24-29-9-8-22-46-42(29)58-39(27)34/h3-4,8-11,14-19,22,25,36-38,47-48H,5-7,12-13,20-21,23-24,26,44-45H2,1-2H3,(H,49,53)(H,50,52)(H,55,56,57)/t36-,37-,38-/m0/s1. The summed E-state index contributed by atoms with van der Waals surface area (Å²) < 4.78 is 33.5. The van der Waals surface area contributed by atoms with Gasteiger partial charge in [-0.05, 0) is 110 Å². The van der Waals surface area contributed by atoms with Gasteiger partial charge in [0.25, 0.3) is 10.1 Å². The zero-order valence-electron chi connectivity index (χ0n) is 33.2. The van der Waals surface area contributed by atoms with Crippen molar-refractivity contribution in [1.82, 2.24) is 30.8 Å². The normalized spacial score (nSPS) is 18.5. The van der Waals surface area contributed by atoms with Crippen molar-refractivity contribution in [3.63, 3.8) is 0 Å². The van der Waals surface area contributed by atoms with Crippen molar-refractivity contribution in [2.24, 2.45) is 11.5 Å². The molecule has 3 aromatic carbocycles. The van der Waals surface area contributed by atoms with E-state index in [0.29, 0.717) is 62.3 Å². The molecule has 5 aromatic rings. The van der Waals surface area contributed by atoms with Crippen LogP contribution in [0.1, 0.15) is 54.4 Å². The van der Waals surface area contributed by atoms with Crippen LogP contribution in [0.25, 0.3) is 22.0 Å². The number of unbranched alkanes of at least 4 members (excludes halogenated alkanes) is 1. The molecule has 1 aliphatic heterocycles. The van der Waals surface area contributed by atoms with Crippen molar-refractivity contribution in [1.29, 1.82) is 0 Å². The average molecular weight is 841 g/mol. The molecule has 59 heavy (non-hydrogen) atoms. The Bertz CT molecular complexity index is 2390. The Morgan fingerprint density at radius 2 is 1.63 bits per heavy atom. The summed E-state index contributed by atoms with van der Waals surface area (Å²) in [5.41, 5.74) is 17.3. The molecule has 2 aromatic heterocycles. The highest BCUT2D eigenvalue weighted by atomic mass is 32.2. The van der Waals surface area contributed by atoms with Crippen molar-refractivity contribution >= 4 is 50.5 Å². The Balaban J connectivity index is 1.48. The van der Waals surface area contributed by atoms with Crippen LogP contribution >= 0.6 is 11.8 Å². The van der Waals surface area contributed by atoms with Gasteiger partial charge in [-0.1, -0.05) is 60.3 Å². The summed E-state index contributed by atoms with van der Waals surface area (Å²) in [6.07, 6.45) is 6.29. The molecule has 3 atom stereocenters. The number of benzene rings is 3. The predicted molar refractivity (Wildman–Crippen MR) is 229 cm³/mol. The molecule has 0 saturated heterocycles. The SMILES string of the molecule is Cc1ccc(-c2ccc(S(=O)(=O)O)cc2)c2c1Sc1ncccc1CN[C@@H](CCCN)C(=O)N[C@@H](CCCCN)C(=O)N(C)[C@@H](Cc1c[nH]c3ccccc13)C(=O)NC2. The number of amides is 3. The van der Waals surface area contributed by atoms with Crippen molar-refractivity contribution in [2.45, 2.75) is 91.5 Å².